The summed E-state index contributed by atoms with van der Waals surface area (Å²) >= 11 is 1.34. The molecule has 1 aliphatic heterocycles. The Labute approximate surface area is 196 Å². The maximum absolute atomic E-state index is 13.1. The van der Waals surface area contributed by atoms with E-state index in [2.05, 4.69) is 10.1 Å². The van der Waals surface area contributed by atoms with Crippen LogP contribution in [-0.2, 0) is 9.53 Å². The summed E-state index contributed by atoms with van der Waals surface area (Å²) in [6, 6.07) is 20.3. The van der Waals surface area contributed by atoms with Crippen molar-refractivity contribution in [2.75, 3.05) is 20.0 Å². The minimum absolute atomic E-state index is 0.308. The van der Waals surface area contributed by atoms with Crippen LogP contribution < -0.4 is 4.74 Å². The predicted molar refractivity (Wildman–Crippen MR) is 126 cm³/mol. The van der Waals surface area contributed by atoms with Crippen LogP contribution in [0.1, 0.15) is 33.9 Å². The average molecular weight is 462 g/mol. The van der Waals surface area contributed by atoms with Crippen LogP contribution in [0.25, 0.3) is 0 Å². The predicted octanol–water partition coefficient (Wildman–Crippen LogP) is 4.35. The van der Waals surface area contributed by atoms with Gasteiger partial charge in [-0.25, -0.2) is 14.8 Å². The van der Waals surface area contributed by atoms with Crippen LogP contribution >= 0.6 is 11.8 Å². The van der Waals surface area contributed by atoms with Crippen molar-refractivity contribution in [3.8, 4) is 5.75 Å². The molecule has 0 spiro atoms. The molecule has 168 valence electrons. The van der Waals surface area contributed by atoms with Gasteiger partial charge in [0.05, 0.1) is 24.4 Å². The van der Waals surface area contributed by atoms with Crippen LogP contribution in [0.4, 0.5) is 0 Å². The zero-order valence-electron chi connectivity index (χ0n) is 18.3. The first-order valence-electron chi connectivity index (χ1n) is 10.4. The van der Waals surface area contributed by atoms with E-state index in [0.29, 0.717) is 17.0 Å². The lowest BCUT2D eigenvalue weighted by Gasteiger charge is -2.22. The Hall–Kier alpha value is -3.65. The minimum Gasteiger partial charge on any atom is -0.497 e. The van der Waals surface area contributed by atoms with E-state index in [0.717, 1.165) is 22.6 Å². The number of benzene rings is 2. The Morgan fingerprint density at radius 3 is 2.52 bits per heavy atom. The number of esters is 1. The molecule has 2 heterocycles. The van der Waals surface area contributed by atoms with E-state index >= 15 is 0 Å². The molecule has 3 aromatic rings. The molecule has 2 aromatic carbocycles. The van der Waals surface area contributed by atoms with Crippen molar-refractivity contribution in [2.45, 2.75) is 17.5 Å². The quantitative estimate of drug-likeness (QED) is 0.384. The summed E-state index contributed by atoms with van der Waals surface area (Å²) in [7, 11) is 1.61. The number of rotatable bonds is 7. The van der Waals surface area contributed by atoms with Gasteiger partial charge in [0.15, 0.2) is 6.61 Å². The molecule has 0 bridgehead atoms. The third-order valence-electron chi connectivity index (χ3n) is 5.28. The first-order valence-corrected chi connectivity index (χ1v) is 11.6. The lowest BCUT2D eigenvalue weighted by atomic mass is 9.98. The molecule has 1 amide bonds. The summed E-state index contributed by atoms with van der Waals surface area (Å²) in [6.45, 7) is -0.417. The highest BCUT2D eigenvalue weighted by Crippen LogP contribution is 2.33. The summed E-state index contributed by atoms with van der Waals surface area (Å²) < 4.78 is 10.6. The fourth-order valence-corrected chi connectivity index (χ4v) is 4.15. The summed E-state index contributed by atoms with van der Waals surface area (Å²) in [5.41, 5.74) is 3.00. The number of thioether (sulfide) groups is 1. The van der Waals surface area contributed by atoms with Gasteiger partial charge in [0.2, 0.25) is 0 Å². The van der Waals surface area contributed by atoms with Gasteiger partial charge in [-0.3, -0.25) is 4.79 Å². The topological polar surface area (TPSA) is 81.1 Å². The van der Waals surface area contributed by atoms with Gasteiger partial charge < -0.3 is 9.47 Å². The molecule has 0 saturated carbocycles. The van der Waals surface area contributed by atoms with Gasteiger partial charge in [-0.05, 0) is 41.6 Å². The van der Waals surface area contributed by atoms with E-state index in [-0.39, 0.29) is 6.04 Å². The largest absolute Gasteiger partial charge is 0.497 e. The molecular weight excluding hydrogens is 438 g/mol. The van der Waals surface area contributed by atoms with Crippen molar-refractivity contribution < 1.29 is 19.1 Å². The molecule has 8 heteroatoms. The van der Waals surface area contributed by atoms with Crippen LogP contribution in [0.5, 0.6) is 5.75 Å². The molecule has 0 fully saturated rings. The number of hydrogen-bond donors (Lipinski definition) is 0. The Bertz CT molecular complexity index is 1170. The minimum atomic E-state index is -0.590. The third-order valence-corrected chi connectivity index (χ3v) is 6.00. The number of aromatic nitrogens is 1. The van der Waals surface area contributed by atoms with Crippen LogP contribution in [0, 0.1) is 0 Å². The normalized spacial score (nSPS) is 15.2. The van der Waals surface area contributed by atoms with Gasteiger partial charge in [0, 0.05) is 12.6 Å². The van der Waals surface area contributed by atoms with Gasteiger partial charge in [0.1, 0.15) is 10.8 Å². The lowest BCUT2D eigenvalue weighted by Crippen LogP contribution is -2.31. The summed E-state index contributed by atoms with van der Waals surface area (Å²) in [5.74, 6) is -0.258. The maximum Gasteiger partial charge on any atom is 0.341 e. The number of methoxy groups -OCH3 is 1. The van der Waals surface area contributed by atoms with Crippen molar-refractivity contribution in [2.24, 2.45) is 5.10 Å². The van der Waals surface area contributed by atoms with Crippen molar-refractivity contribution >= 4 is 29.4 Å². The highest BCUT2D eigenvalue weighted by atomic mass is 32.2. The maximum atomic E-state index is 13.1. The van der Waals surface area contributed by atoms with Crippen LogP contribution in [-0.4, -0.2) is 47.6 Å². The second-order valence-electron chi connectivity index (χ2n) is 7.28. The summed E-state index contributed by atoms with van der Waals surface area (Å²) in [4.78, 5) is 29.8. The van der Waals surface area contributed by atoms with Crippen molar-refractivity contribution in [3.05, 3.63) is 89.6 Å². The van der Waals surface area contributed by atoms with Gasteiger partial charge in [-0.2, -0.15) is 5.10 Å². The highest BCUT2D eigenvalue weighted by Gasteiger charge is 2.33. The molecular formula is C25H23N3O4S. The number of nitrogens with zero attached hydrogens (tertiary/aromatic N) is 3. The Kier molecular flexibility index (Phi) is 7.04. The second kappa shape index (κ2) is 10.3. The number of pyridine rings is 1. The fourth-order valence-electron chi connectivity index (χ4n) is 3.61. The van der Waals surface area contributed by atoms with E-state index in [9.17, 15) is 9.59 Å². The van der Waals surface area contributed by atoms with Gasteiger partial charge in [0.25, 0.3) is 5.91 Å². The monoisotopic (exact) mass is 461 g/mol. The number of carbonyl (C=O) groups excluding carboxylic acids is 2. The zero-order valence-corrected chi connectivity index (χ0v) is 19.1. The Morgan fingerprint density at radius 2 is 1.82 bits per heavy atom. The molecule has 0 radical (unpaired) electrons. The average Bonchev–Trinajstić information content (AvgIpc) is 3.33. The summed E-state index contributed by atoms with van der Waals surface area (Å²) in [5, 5.41) is 6.57. The van der Waals surface area contributed by atoms with Crippen molar-refractivity contribution in [3.63, 3.8) is 0 Å². The van der Waals surface area contributed by atoms with E-state index in [1.54, 1.807) is 25.4 Å². The fraction of sp³-hybridized carbons (Fsp3) is 0.200. The molecule has 0 N–H and O–H groups in total. The molecule has 7 nitrogen and oxygen atoms in total. The van der Waals surface area contributed by atoms with Crippen LogP contribution in [0.15, 0.2) is 83.1 Å². The van der Waals surface area contributed by atoms with Crippen LogP contribution in [0.2, 0.25) is 0 Å². The number of hydrogen-bond acceptors (Lipinski definition) is 7. The molecule has 1 aromatic heterocycles. The molecule has 1 aliphatic rings. The first kappa shape index (κ1) is 22.5. The molecule has 0 saturated heterocycles. The highest BCUT2D eigenvalue weighted by molar-refractivity contribution is 7.98. The SMILES string of the molecule is COc1ccc(C2CC(c3ccccc3)=NN2C(=O)COC(=O)c2cccnc2SC)cc1. The molecule has 0 aliphatic carbocycles. The van der Waals surface area contributed by atoms with Crippen molar-refractivity contribution in [1.29, 1.82) is 0 Å². The summed E-state index contributed by atoms with van der Waals surface area (Å²) in [6.07, 6.45) is 3.99. The van der Waals surface area contributed by atoms with E-state index < -0.39 is 18.5 Å². The van der Waals surface area contributed by atoms with E-state index in [4.69, 9.17) is 9.47 Å². The molecule has 33 heavy (non-hydrogen) atoms. The van der Waals surface area contributed by atoms with E-state index in [1.807, 2.05) is 60.9 Å². The third kappa shape index (κ3) is 5.06. The Morgan fingerprint density at radius 1 is 1.06 bits per heavy atom. The standard InChI is InChI=1S/C25H23N3O4S/c1-31-19-12-10-18(11-13-19)22-15-21(17-7-4-3-5-8-17)27-28(22)23(29)16-32-25(30)20-9-6-14-26-24(20)33-2/h3-14,22H,15-16H2,1-2H3. The number of ether oxygens (including phenoxy) is 2. The molecule has 4 rings (SSSR count). The van der Waals surface area contributed by atoms with E-state index in [1.165, 1.54) is 16.8 Å². The van der Waals surface area contributed by atoms with Crippen molar-refractivity contribution in [1.82, 2.24) is 9.99 Å². The van der Waals surface area contributed by atoms with Gasteiger partial charge in [-0.15, -0.1) is 11.8 Å². The molecule has 1 unspecified atom stereocenters. The number of amides is 1. The number of carbonyl (C=O) groups is 2. The Balaban J connectivity index is 1.54. The zero-order chi connectivity index (χ0) is 23.2. The number of hydrazone groups is 1. The van der Waals surface area contributed by atoms with Crippen LogP contribution in [0.3, 0.4) is 0 Å². The van der Waals surface area contributed by atoms with Gasteiger partial charge in [-0.1, -0.05) is 42.5 Å². The molecule has 1 atom stereocenters. The smallest absolute Gasteiger partial charge is 0.341 e. The first-order chi connectivity index (χ1) is 16.1. The van der Waals surface area contributed by atoms with Gasteiger partial charge >= 0.3 is 5.97 Å². The lowest BCUT2D eigenvalue weighted by molar-refractivity contribution is -0.136. The second-order valence-corrected chi connectivity index (χ2v) is 8.08.